The topological polar surface area (TPSA) is 71.8 Å². The summed E-state index contributed by atoms with van der Waals surface area (Å²) in [5, 5.41) is 3.26. The molecule has 0 aliphatic carbocycles. The van der Waals surface area contributed by atoms with E-state index in [9.17, 15) is 9.59 Å². The average molecular weight is 365 g/mol. The van der Waals surface area contributed by atoms with Gasteiger partial charge >= 0.3 is 12.0 Å². The standard InChI is InChI=1S/C18H21ClN2O4/c1-3-24-16(22)9-10-21(12-14-7-5-11-25-14)18(23)20-17-13(2)6-4-8-15(17)19/h4-8,11H,3,9-10,12H2,1-2H3,(H,20,23). The number of rotatable bonds is 7. The zero-order valence-corrected chi connectivity index (χ0v) is 15.0. The molecule has 0 bridgehead atoms. The minimum atomic E-state index is -0.364. The van der Waals surface area contributed by atoms with Crippen molar-refractivity contribution in [3.8, 4) is 0 Å². The highest BCUT2D eigenvalue weighted by atomic mass is 35.5. The van der Waals surface area contributed by atoms with Crippen LogP contribution in [0.5, 0.6) is 0 Å². The monoisotopic (exact) mass is 364 g/mol. The number of anilines is 1. The van der Waals surface area contributed by atoms with Crippen LogP contribution in [0.3, 0.4) is 0 Å². The van der Waals surface area contributed by atoms with E-state index in [2.05, 4.69) is 5.32 Å². The van der Waals surface area contributed by atoms with Crippen LogP contribution in [0, 0.1) is 6.92 Å². The van der Waals surface area contributed by atoms with Crippen molar-refractivity contribution in [1.29, 1.82) is 0 Å². The number of halogens is 1. The molecule has 2 aromatic rings. The fraction of sp³-hybridized carbons (Fsp3) is 0.333. The van der Waals surface area contributed by atoms with E-state index in [0.717, 1.165) is 5.56 Å². The molecule has 0 fully saturated rings. The van der Waals surface area contributed by atoms with Crippen LogP contribution in [-0.4, -0.2) is 30.1 Å². The number of furan rings is 1. The van der Waals surface area contributed by atoms with E-state index in [1.807, 2.05) is 19.1 Å². The van der Waals surface area contributed by atoms with Crippen LogP contribution in [0.2, 0.25) is 5.02 Å². The predicted molar refractivity (Wildman–Crippen MR) is 95.6 cm³/mol. The Hall–Kier alpha value is -2.47. The molecule has 0 spiro atoms. The minimum absolute atomic E-state index is 0.101. The first-order valence-corrected chi connectivity index (χ1v) is 8.38. The van der Waals surface area contributed by atoms with E-state index in [4.69, 9.17) is 20.8 Å². The first kappa shape index (κ1) is 18.9. The highest BCUT2D eigenvalue weighted by Gasteiger charge is 2.19. The lowest BCUT2D eigenvalue weighted by Gasteiger charge is -2.22. The number of hydrogen-bond acceptors (Lipinski definition) is 4. The third kappa shape index (κ3) is 5.53. The molecule has 0 saturated heterocycles. The van der Waals surface area contributed by atoms with Gasteiger partial charge in [-0.3, -0.25) is 4.79 Å². The van der Waals surface area contributed by atoms with Crippen LogP contribution in [-0.2, 0) is 16.1 Å². The van der Waals surface area contributed by atoms with E-state index in [-0.39, 0.29) is 31.5 Å². The van der Waals surface area contributed by atoms with E-state index in [0.29, 0.717) is 23.1 Å². The van der Waals surface area contributed by atoms with Crippen molar-refractivity contribution >= 4 is 29.3 Å². The number of benzene rings is 1. The summed E-state index contributed by atoms with van der Waals surface area (Å²) in [6, 6.07) is 8.53. The van der Waals surface area contributed by atoms with Gasteiger partial charge < -0.3 is 19.4 Å². The van der Waals surface area contributed by atoms with E-state index < -0.39 is 0 Å². The van der Waals surface area contributed by atoms with Crippen molar-refractivity contribution in [3.63, 3.8) is 0 Å². The predicted octanol–water partition coefficient (Wildman–Crippen LogP) is 4.23. The van der Waals surface area contributed by atoms with Crippen molar-refractivity contribution in [3.05, 3.63) is 52.9 Å². The number of para-hydroxylation sites is 1. The molecule has 25 heavy (non-hydrogen) atoms. The summed E-state index contributed by atoms with van der Waals surface area (Å²) in [4.78, 5) is 25.8. The van der Waals surface area contributed by atoms with E-state index in [1.54, 1.807) is 25.1 Å². The number of nitrogens with one attached hydrogen (secondary N) is 1. The number of nitrogens with zero attached hydrogens (tertiary/aromatic N) is 1. The van der Waals surface area contributed by atoms with Gasteiger partial charge in [0, 0.05) is 6.54 Å². The van der Waals surface area contributed by atoms with Crippen LogP contribution in [0.4, 0.5) is 10.5 Å². The molecule has 0 saturated carbocycles. The van der Waals surface area contributed by atoms with Crippen molar-refractivity contribution in [1.82, 2.24) is 4.90 Å². The van der Waals surface area contributed by atoms with E-state index >= 15 is 0 Å². The van der Waals surface area contributed by atoms with Crippen molar-refractivity contribution < 1.29 is 18.7 Å². The molecule has 1 aromatic carbocycles. The van der Waals surface area contributed by atoms with Crippen LogP contribution in [0.15, 0.2) is 41.0 Å². The molecule has 134 valence electrons. The average Bonchev–Trinajstić information content (AvgIpc) is 3.08. The Morgan fingerprint density at radius 3 is 2.72 bits per heavy atom. The molecule has 6 nitrogen and oxygen atoms in total. The molecule has 7 heteroatoms. The Morgan fingerprint density at radius 2 is 2.08 bits per heavy atom. The zero-order chi connectivity index (χ0) is 18.2. The number of carbonyl (C=O) groups is 2. The quantitative estimate of drug-likeness (QED) is 0.746. The van der Waals surface area contributed by atoms with Gasteiger partial charge in [-0.15, -0.1) is 0 Å². The Labute approximate surface area is 151 Å². The highest BCUT2D eigenvalue weighted by Crippen LogP contribution is 2.25. The Morgan fingerprint density at radius 1 is 1.28 bits per heavy atom. The summed E-state index contributed by atoms with van der Waals surface area (Å²) in [5.74, 6) is 0.267. The smallest absolute Gasteiger partial charge is 0.322 e. The van der Waals surface area contributed by atoms with Gasteiger partial charge in [-0.2, -0.15) is 0 Å². The molecule has 2 rings (SSSR count). The normalized spacial score (nSPS) is 10.4. The minimum Gasteiger partial charge on any atom is -0.467 e. The second-order valence-corrected chi connectivity index (χ2v) is 5.83. The van der Waals surface area contributed by atoms with Gasteiger partial charge in [0.15, 0.2) is 0 Å². The van der Waals surface area contributed by atoms with Gasteiger partial charge in [0.05, 0.1) is 36.5 Å². The first-order valence-electron chi connectivity index (χ1n) is 8.00. The largest absolute Gasteiger partial charge is 0.467 e. The van der Waals surface area contributed by atoms with Crippen molar-refractivity contribution in [2.75, 3.05) is 18.5 Å². The maximum absolute atomic E-state index is 12.7. The summed E-state index contributed by atoms with van der Waals surface area (Å²) in [6.07, 6.45) is 1.64. The molecule has 0 radical (unpaired) electrons. The molecule has 1 N–H and O–H groups in total. The van der Waals surface area contributed by atoms with Crippen molar-refractivity contribution in [2.45, 2.75) is 26.8 Å². The molecule has 2 amide bonds. The zero-order valence-electron chi connectivity index (χ0n) is 14.3. The lowest BCUT2D eigenvalue weighted by molar-refractivity contribution is -0.143. The maximum Gasteiger partial charge on any atom is 0.322 e. The summed E-state index contributed by atoms with van der Waals surface area (Å²) >= 11 is 6.16. The van der Waals surface area contributed by atoms with Gasteiger partial charge in [-0.05, 0) is 37.6 Å². The number of carbonyl (C=O) groups excluding carboxylic acids is 2. The van der Waals surface area contributed by atoms with E-state index in [1.165, 1.54) is 11.2 Å². The van der Waals surface area contributed by atoms with Crippen LogP contribution in [0.25, 0.3) is 0 Å². The van der Waals surface area contributed by atoms with Crippen LogP contribution >= 0.6 is 11.6 Å². The molecule has 1 heterocycles. The number of urea groups is 1. The second-order valence-electron chi connectivity index (χ2n) is 5.42. The lowest BCUT2D eigenvalue weighted by atomic mass is 10.2. The third-order valence-corrected chi connectivity index (χ3v) is 3.87. The van der Waals surface area contributed by atoms with Gasteiger partial charge in [-0.25, -0.2) is 4.79 Å². The fourth-order valence-electron chi connectivity index (χ4n) is 2.28. The van der Waals surface area contributed by atoms with Crippen molar-refractivity contribution in [2.24, 2.45) is 0 Å². The summed E-state index contributed by atoms with van der Waals surface area (Å²) < 4.78 is 10.2. The van der Waals surface area contributed by atoms with Gasteiger partial charge in [-0.1, -0.05) is 23.7 Å². The molecular weight excluding hydrogens is 344 g/mol. The lowest BCUT2D eigenvalue weighted by Crippen LogP contribution is -2.36. The Kier molecular flexibility index (Phi) is 6.89. The molecule has 0 atom stereocenters. The maximum atomic E-state index is 12.7. The number of aryl methyl sites for hydroxylation is 1. The number of amides is 2. The Bertz CT molecular complexity index is 696. The SMILES string of the molecule is CCOC(=O)CCN(Cc1ccco1)C(=O)Nc1c(C)cccc1Cl. The summed E-state index contributed by atoms with van der Waals surface area (Å²) in [5.41, 5.74) is 1.40. The number of hydrogen-bond donors (Lipinski definition) is 1. The second kappa shape index (κ2) is 9.13. The number of ether oxygens (including phenoxy) is 1. The third-order valence-electron chi connectivity index (χ3n) is 3.56. The van der Waals surface area contributed by atoms with Crippen LogP contribution in [0.1, 0.15) is 24.7 Å². The molecule has 1 aromatic heterocycles. The highest BCUT2D eigenvalue weighted by molar-refractivity contribution is 6.33. The molecule has 0 aliphatic heterocycles. The summed E-state index contributed by atoms with van der Waals surface area (Å²) in [6.45, 7) is 4.35. The fourth-order valence-corrected chi connectivity index (χ4v) is 2.55. The molecule has 0 unspecified atom stereocenters. The molecular formula is C18H21ClN2O4. The molecule has 0 aliphatic rings. The number of esters is 1. The van der Waals surface area contributed by atoms with Gasteiger partial charge in [0.1, 0.15) is 5.76 Å². The van der Waals surface area contributed by atoms with Gasteiger partial charge in [0.25, 0.3) is 0 Å². The summed E-state index contributed by atoms with van der Waals surface area (Å²) in [7, 11) is 0. The Balaban J connectivity index is 2.09. The van der Waals surface area contributed by atoms with Gasteiger partial charge in [0.2, 0.25) is 0 Å². The van der Waals surface area contributed by atoms with Crippen LogP contribution < -0.4 is 5.32 Å². The first-order chi connectivity index (χ1) is 12.0.